The minimum Gasteiger partial charge on any atom is -0.396 e. The molecule has 0 aromatic rings. The first-order valence-corrected chi connectivity index (χ1v) is 4.23. The summed E-state index contributed by atoms with van der Waals surface area (Å²) in [7, 11) is 1.52. The predicted molar refractivity (Wildman–Crippen MR) is 50.8 cm³/mol. The molecule has 0 amide bonds. The summed E-state index contributed by atoms with van der Waals surface area (Å²) in [6.45, 7) is 0.118. The monoisotopic (exact) mass is 184 g/mol. The van der Waals surface area contributed by atoms with Gasteiger partial charge in [0, 0.05) is 13.7 Å². The van der Waals surface area contributed by atoms with Crippen molar-refractivity contribution < 1.29 is 9.84 Å². The lowest BCUT2D eigenvalue weighted by molar-refractivity contribution is 0.0260. The molecule has 4 heteroatoms. The fourth-order valence-corrected chi connectivity index (χ4v) is 1.26. The third kappa shape index (κ3) is 2.16. The third-order valence-electron chi connectivity index (χ3n) is 2.23. The maximum atomic E-state index is 8.71. The first-order chi connectivity index (χ1) is 6.12. The first kappa shape index (κ1) is 10.4. The number of aliphatic hydroxyl groups is 1. The molecule has 0 aromatic heterocycles. The lowest BCUT2D eigenvalue weighted by Crippen LogP contribution is -2.55. The minimum absolute atomic E-state index is 0.118. The molecule has 0 saturated carbocycles. The molecule has 0 aliphatic heterocycles. The molecular weight excluding hydrogens is 168 g/mol. The average Bonchev–Trinajstić information content (AvgIpc) is 2.12. The number of methoxy groups -OCH3 is 1. The van der Waals surface area contributed by atoms with Crippen LogP contribution in [0.1, 0.15) is 6.42 Å². The third-order valence-corrected chi connectivity index (χ3v) is 2.23. The molecule has 0 heterocycles. The van der Waals surface area contributed by atoms with E-state index >= 15 is 0 Å². The summed E-state index contributed by atoms with van der Waals surface area (Å²) in [4.78, 5) is 0. The largest absolute Gasteiger partial charge is 0.396 e. The highest BCUT2D eigenvalue weighted by Gasteiger charge is 2.30. The Balaban J connectivity index is 2.72. The van der Waals surface area contributed by atoms with E-state index in [1.807, 2.05) is 12.2 Å². The van der Waals surface area contributed by atoms with Crippen molar-refractivity contribution in [3.8, 4) is 0 Å². The highest BCUT2D eigenvalue weighted by molar-refractivity contribution is 5.31. The molecule has 1 aliphatic carbocycles. The molecule has 5 N–H and O–H groups in total. The molecule has 0 radical (unpaired) electrons. The van der Waals surface area contributed by atoms with E-state index < -0.39 is 5.72 Å². The normalized spacial score (nSPS) is 33.2. The van der Waals surface area contributed by atoms with Crippen molar-refractivity contribution in [1.29, 1.82) is 0 Å². The van der Waals surface area contributed by atoms with E-state index in [2.05, 4.69) is 0 Å². The Morgan fingerprint density at radius 3 is 2.85 bits per heavy atom. The summed E-state index contributed by atoms with van der Waals surface area (Å²) < 4.78 is 5.08. The van der Waals surface area contributed by atoms with Gasteiger partial charge in [0.2, 0.25) is 0 Å². The summed E-state index contributed by atoms with van der Waals surface area (Å²) in [5.41, 5.74) is 11.7. The quantitative estimate of drug-likeness (QED) is 0.516. The lowest BCUT2D eigenvalue weighted by atomic mass is 9.94. The Kier molecular flexibility index (Phi) is 3.22. The van der Waals surface area contributed by atoms with Gasteiger partial charge in [-0.05, 0) is 18.1 Å². The zero-order valence-corrected chi connectivity index (χ0v) is 7.73. The van der Waals surface area contributed by atoms with Gasteiger partial charge in [-0.3, -0.25) is 5.73 Å². The second-order valence-electron chi connectivity index (χ2n) is 3.13. The molecule has 0 fully saturated rings. The number of aliphatic hydroxyl groups excluding tert-OH is 1. The Bertz CT molecular complexity index is 238. The van der Waals surface area contributed by atoms with Crippen LogP contribution in [-0.2, 0) is 4.74 Å². The van der Waals surface area contributed by atoms with Gasteiger partial charge in [-0.1, -0.05) is 12.2 Å². The first-order valence-electron chi connectivity index (χ1n) is 4.23. The summed E-state index contributed by atoms with van der Waals surface area (Å²) in [5, 5.41) is 8.71. The number of ether oxygens (including phenoxy) is 1. The van der Waals surface area contributed by atoms with Crippen LogP contribution in [0.2, 0.25) is 0 Å². The standard InChI is InChI=1S/C9H16N2O2/c1-13-9(11)4-2-7(3-5-12)6-8(9)10/h2,4,6,8,12H,3,5,10-11H2,1H3. The summed E-state index contributed by atoms with van der Waals surface area (Å²) >= 11 is 0. The number of hydrogen-bond donors (Lipinski definition) is 3. The van der Waals surface area contributed by atoms with Crippen molar-refractivity contribution in [3.63, 3.8) is 0 Å². The fourth-order valence-electron chi connectivity index (χ4n) is 1.26. The second-order valence-corrected chi connectivity index (χ2v) is 3.13. The van der Waals surface area contributed by atoms with E-state index in [9.17, 15) is 0 Å². The number of allylic oxidation sites excluding steroid dienone is 1. The van der Waals surface area contributed by atoms with E-state index in [-0.39, 0.29) is 12.6 Å². The van der Waals surface area contributed by atoms with Gasteiger partial charge < -0.3 is 15.6 Å². The maximum Gasteiger partial charge on any atom is 0.154 e. The highest BCUT2D eigenvalue weighted by atomic mass is 16.5. The van der Waals surface area contributed by atoms with Crippen molar-refractivity contribution >= 4 is 0 Å². The van der Waals surface area contributed by atoms with Gasteiger partial charge in [0.15, 0.2) is 5.72 Å². The van der Waals surface area contributed by atoms with E-state index in [4.69, 9.17) is 21.3 Å². The fraction of sp³-hybridized carbons (Fsp3) is 0.556. The van der Waals surface area contributed by atoms with Crippen LogP contribution in [0.25, 0.3) is 0 Å². The van der Waals surface area contributed by atoms with Crippen molar-refractivity contribution in [3.05, 3.63) is 23.8 Å². The maximum absolute atomic E-state index is 8.71. The van der Waals surface area contributed by atoms with Gasteiger partial charge in [0.1, 0.15) is 0 Å². The minimum atomic E-state index is -0.904. The van der Waals surface area contributed by atoms with Crippen LogP contribution in [0.15, 0.2) is 23.8 Å². The van der Waals surface area contributed by atoms with Crippen LogP contribution in [0, 0.1) is 0 Å². The number of rotatable bonds is 3. The van der Waals surface area contributed by atoms with Gasteiger partial charge in [0.25, 0.3) is 0 Å². The van der Waals surface area contributed by atoms with Crippen LogP contribution in [0.3, 0.4) is 0 Å². The molecule has 1 aliphatic rings. The Hall–Kier alpha value is -0.680. The molecule has 74 valence electrons. The smallest absolute Gasteiger partial charge is 0.154 e. The summed E-state index contributed by atoms with van der Waals surface area (Å²) in [6.07, 6.45) is 5.98. The SMILES string of the molecule is COC1(N)C=CC(CCO)=CC1N. The van der Waals surface area contributed by atoms with Crippen molar-refractivity contribution in [2.45, 2.75) is 18.2 Å². The van der Waals surface area contributed by atoms with Crippen molar-refractivity contribution in [2.75, 3.05) is 13.7 Å². The van der Waals surface area contributed by atoms with E-state index in [1.54, 1.807) is 6.08 Å². The van der Waals surface area contributed by atoms with Crippen molar-refractivity contribution in [2.24, 2.45) is 11.5 Å². The van der Waals surface area contributed by atoms with Crippen LogP contribution in [0.4, 0.5) is 0 Å². The zero-order valence-electron chi connectivity index (χ0n) is 7.73. The molecule has 0 aromatic carbocycles. The van der Waals surface area contributed by atoms with Gasteiger partial charge in [-0.2, -0.15) is 0 Å². The molecule has 2 unspecified atom stereocenters. The summed E-state index contributed by atoms with van der Waals surface area (Å²) in [6, 6.07) is -0.357. The topological polar surface area (TPSA) is 81.5 Å². The highest BCUT2D eigenvalue weighted by Crippen LogP contribution is 2.19. The molecule has 0 saturated heterocycles. The Labute approximate surface area is 77.9 Å². The van der Waals surface area contributed by atoms with Crippen LogP contribution in [0.5, 0.6) is 0 Å². The Morgan fingerprint density at radius 2 is 2.38 bits per heavy atom. The lowest BCUT2D eigenvalue weighted by Gasteiger charge is -2.32. The summed E-state index contributed by atoms with van der Waals surface area (Å²) in [5.74, 6) is 0. The second kappa shape index (κ2) is 4.02. The number of hydrogen-bond acceptors (Lipinski definition) is 4. The van der Waals surface area contributed by atoms with Gasteiger partial charge in [-0.25, -0.2) is 0 Å². The van der Waals surface area contributed by atoms with Crippen LogP contribution < -0.4 is 11.5 Å². The average molecular weight is 184 g/mol. The van der Waals surface area contributed by atoms with Gasteiger partial charge >= 0.3 is 0 Å². The van der Waals surface area contributed by atoms with Crippen LogP contribution in [-0.4, -0.2) is 30.6 Å². The number of nitrogens with two attached hydrogens (primary N) is 2. The molecule has 1 rings (SSSR count). The van der Waals surface area contributed by atoms with Gasteiger partial charge in [0.05, 0.1) is 6.04 Å². The molecule has 4 nitrogen and oxygen atoms in total. The predicted octanol–water partition coefficient (Wildman–Crippen LogP) is -0.506. The van der Waals surface area contributed by atoms with E-state index in [0.29, 0.717) is 6.42 Å². The Morgan fingerprint density at radius 1 is 1.69 bits per heavy atom. The zero-order chi connectivity index (χ0) is 9.90. The van der Waals surface area contributed by atoms with Crippen molar-refractivity contribution in [1.82, 2.24) is 0 Å². The van der Waals surface area contributed by atoms with Gasteiger partial charge in [-0.15, -0.1) is 0 Å². The van der Waals surface area contributed by atoms with E-state index in [1.165, 1.54) is 7.11 Å². The molecular formula is C9H16N2O2. The molecule has 0 bridgehead atoms. The molecule has 0 spiro atoms. The van der Waals surface area contributed by atoms with Crippen LogP contribution >= 0.6 is 0 Å². The molecule has 2 atom stereocenters. The molecule has 13 heavy (non-hydrogen) atoms. The van der Waals surface area contributed by atoms with E-state index in [0.717, 1.165) is 5.57 Å².